The van der Waals surface area contributed by atoms with Crippen molar-refractivity contribution >= 4 is 5.97 Å². The summed E-state index contributed by atoms with van der Waals surface area (Å²) in [5, 5.41) is 3.86. The van der Waals surface area contributed by atoms with Crippen molar-refractivity contribution in [1.82, 2.24) is 5.16 Å². The minimum Gasteiger partial charge on any atom is -0.461 e. The van der Waals surface area contributed by atoms with Gasteiger partial charge in [-0.05, 0) is 38.1 Å². The smallest absolute Gasteiger partial charge is 0.338 e. The second-order valence-corrected chi connectivity index (χ2v) is 5.11. The summed E-state index contributed by atoms with van der Waals surface area (Å²) < 4.78 is 15.6. The third-order valence-corrected chi connectivity index (χ3v) is 3.13. The number of furan rings is 1. The molecule has 3 rings (SSSR count). The number of carbonyl (C=O) groups excluding carboxylic acids is 1. The lowest BCUT2D eigenvalue weighted by atomic mass is 10.1. The van der Waals surface area contributed by atoms with Crippen molar-refractivity contribution in [2.45, 2.75) is 20.5 Å². The van der Waals surface area contributed by atoms with Crippen molar-refractivity contribution in [3.05, 3.63) is 65.0 Å². The largest absolute Gasteiger partial charge is 0.461 e. The summed E-state index contributed by atoms with van der Waals surface area (Å²) in [6, 6.07) is 10.8. The van der Waals surface area contributed by atoms with E-state index in [0.29, 0.717) is 22.8 Å². The van der Waals surface area contributed by atoms with Crippen molar-refractivity contribution in [2.24, 2.45) is 0 Å². The van der Waals surface area contributed by atoms with E-state index in [0.717, 1.165) is 11.1 Å². The van der Waals surface area contributed by atoms with Gasteiger partial charge in [-0.1, -0.05) is 22.3 Å². The van der Waals surface area contributed by atoms with E-state index < -0.39 is 0 Å². The van der Waals surface area contributed by atoms with Crippen molar-refractivity contribution in [1.29, 1.82) is 0 Å². The molecule has 0 fully saturated rings. The third kappa shape index (κ3) is 3.09. The molecule has 2 aromatic heterocycles. The average molecular weight is 297 g/mol. The maximum atomic E-state index is 12.1. The molecule has 0 bridgehead atoms. The molecule has 0 atom stereocenters. The second kappa shape index (κ2) is 5.89. The first-order valence-corrected chi connectivity index (χ1v) is 6.87. The number of hydrogen-bond donors (Lipinski definition) is 0. The molecule has 3 aromatic rings. The van der Waals surface area contributed by atoms with E-state index in [1.807, 2.05) is 19.9 Å². The normalized spacial score (nSPS) is 10.6. The molecule has 0 saturated heterocycles. The van der Waals surface area contributed by atoms with Gasteiger partial charge in [-0.15, -0.1) is 0 Å². The number of ether oxygens (including phenoxy) is 1. The van der Waals surface area contributed by atoms with Crippen molar-refractivity contribution in [3.8, 4) is 11.5 Å². The summed E-state index contributed by atoms with van der Waals surface area (Å²) in [5.41, 5.74) is 3.11. The lowest BCUT2D eigenvalue weighted by Gasteiger charge is -2.05. The zero-order valence-electron chi connectivity index (χ0n) is 12.3. The van der Waals surface area contributed by atoms with E-state index in [9.17, 15) is 4.79 Å². The molecule has 0 N–H and O–H groups in total. The number of rotatable bonds is 4. The van der Waals surface area contributed by atoms with Crippen LogP contribution in [0.15, 0.2) is 51.6 Å². The highest BCUT2D eigenvalue weighted by Gasteiger charge is 2.12. The summed E-state index contributed by atoms with van der Waals surface area (Å²) in [7, 11) is 0. The van der Waals surface area contributed by atoms with Crippen LogP contribution < -0.4 is 0 Å². The van der Waals surface area contributed by atoms with Gasteiger partial charge in [-0.3, -0.25) is 0 Å². The van der Waals surface area contributed by atoms with Crippen LogP contribution in [0.2, 0.25) is 0 Å². The summed E-state index contributed by atoms with van der Waals surface area (Å²) in [6.07, 6.45) is 1.55. The van der Waals surface area contributed by atoms with Gasteiger partial charge in [0, 0.05) is 6.07 Å². The second-order valence-electron chi connectivity index (χ2n) is 5.11. The van der Waals surface area contributed by atoms with Gasteiger partial charge in [0.15, 0.2) is 5.76 Å². The van der Waals surface area contributed by atoms with Crippen LogP contribution in [0.1, 0.15) is 27.2 Å². The van der Waals surface area contributed by atoms with Crippen LogP contribution >= 0.6 is 0 Å². The Morgan fingerprint density at radius 3 is 2.59 bits per heavy atom. The van der Waals surface area contributed by atoms with Gasteiger partial charge in [-0.25, -0.2) is 4.79 Å². The highest BCUT2D eigenvalue weighted by atomic mass is 16.5. The molecule has 0 radical (unpaired) electrons. The monoisotopic (exact) mass is 297 g/mol. The van der Waals surface area contributed by atoms with Gasteiger partial charge in [0.2, 0.25) is 5.76 Å². The number of esters is 1. The number of benzene rings is 1. The quantitative estimate of drug-likeness (QED) is 0.683. The molecular formula is C17H15NO4. The fraction of sp³-hybridized carbons (Fsp3) is 0.176. The molecule has 0 aliphatic rings. The maximum Gasteiger partial charge on any atom is 0.338 e. The first-order chi connectivity index (χ1) is 10.6. The SMILES string of the molecule is Cc1cc(C)cc(C(=O)OCc2cc(-c3ccco3)on2)c1. The third-order valence-electron chi connectivity index (χ3n) is 3.13. The topological polar surface area (TPSA) is 65.5 Å². The molecule has 0 unspecified atom stereocenters. The Morgan fingerprint density at radius 1 is 1.14 bits per heavy atom. The minimum absolute atomic E-state index is 0.0516. The van der Waals surface area contributed by atoms with E-state index in [4.69, 9.17) is 13.7 Å². The van der Waals surface area contributed by atoms with E-state index in [1.54, 1.807) is 36.6 Å². The van der Waals surface area contributed by atoms with Crippen molar-refractivity contribution in [3.63, 3.8) is 0 Å². The van der Waals surface area contributed by atoms with E-state index in [2.05, 4.69) is 5.16 Å². The van der Waals surface area contributed by atoms with Crippen LogP contribution in [0.5, 0.6) is 0 Å². The van der Waals surface area contributed by atoms with Crippen LogP contribution in [0, 0.1) is 13.8 Å². The number of nitrogens with zero attached hydrogens (tertiary/aromatic N) is 1. The number of aryl methyl sites for hydroxylation is 2. The standard InChI is InChI=1S/C17H15NO4/c1-11-6-12(2)8-13(7-11)17(19)21-10-14-9-16(22-18-14)15-4-3-5-20-15/h3-9H,10H2,1-2H3. The number of hydrogen-bond acceptors (Lipinski definition) is 5. The van der Waals surface area contributed by atoms with Crippen molar-refractivity contribution < 1.29 is 18.5 Å². The zero-order chi connectivity index (χ0) is 15.5. The molecule has 0 amide bonds. The van der Waals surface area contributed by atoms with Crippen molar-refractivity contribution in [2.75, 3.05) is 0 Å². The molecule has 112 valence electrons. The lowest BCUT2D eigenvalue weighted by Crippen LogP contribution is -2.06. The summed E-state index contributed by atoms with van der Waals surface area (Å²) in [6.45, 7) is 3.93. The Bertz CT molecular complexity index is 767. The van der Waals surface area contributed by atoms with Gasteiger partial charge in [-0.2, -0.15) is 0 Å². The molecule has 2 heterocycles. The predicted octanol–water partition coefficient (Wildman–Crippen LogP) is 3.91. The van der Waals surface area contributed by atoms with Gasteiger partial charge in [0.25, 0.3) is 0 Å². The molecule has 22 heavy (non-hydrogen) atoms. The average Bonchev–Trinajstić information content (AvgIpc) is 3.14. The Labute approximate surface area is 127 Å². The van der Waals surface area contributed by atoms with Gasteiger partial charge < -0.3 is 13.7 Å². The summed E-state index contributed by atoms with van der Waals surface area (Å²) >= 11 is 0. The molecule has 0 aliphatic heterocycles. The first kappa shape index (κ1) is 14.1. The Hall–Kier alpha value is -2.82. The minimum atomic E-state index is -0.380. The molecule has 1 aromatic carbocycles. The van der Waals surface area contributed by atoms with E-state index in [-0.39, 0.29) is 12.6 Å². The van der Waals surface area contributed by atoms with Gasteiger partial charge in [0.05, 0.1) is 11.8 Å². The van der Waals surface area contributed by atoms with Crippen LogP contribution in [-0.4, -0.2) is 11.1 Å². The Kier molecular flexibility index (Phi) is 3.78. The maximum absolute atomic E-state index is 12.1. The summed E-state index contributed by atoms with van der Waals surface area (Å²) in [5.74, 6) is 0.705. The Morgan fingerprint density at radius 2 is 1.91 bits per heavy atom. The highest BCUT2D eigenvalue weighted by molar-refractivity contribution is 5.89. The van der Waals surface area contributed by atoms with Crippen LogP contribution in [0.3, 0.4) is 0 Å². The highest BCUT2D eigenvalue weighted by Crippen LogP contribution is 2.21. The van der Waals surface area contributed by atoms with Crippen LogP contribution in [0.25, 0.3) is 11.5 Å². The molecule has 0 saturated carbocycles. The Balaban J connectivity index is 1.66. The fourth-order valence-corrected chi connectivity index (χ4v) is 2.23. The van der Waals surface area contributed by atoms with Crippen LogP contribution in [0.4, 0.5) is 0 Å². The molecular weight excluding hydrogens is 282 g/mol. The molecule has 5 nitrogen and oxygen atoms in total. The van der Waals surface area contributed by atoms with E-state index >= 15 is 0 Å². The zero-order valence-corrected chi connectivity index (χ0v) is 12.3. The van der Waals surface area contributed by atoms with Gasteiger partial charge in [0.1, 0.15) is 12.3 Å². The molecule has 0 aliphatic carbocycles. The first-order valence-electron chi connectivity index (χ1n) is 6.87. The summed E-state index contributed by atoms with van der Waals surface area (Å²) in [4.78, 5) is 12.1. The molecule has 5 heteroatoms. The van der Waals surface area contributed by atoms with E-state index in [1.165, 1.54) is 0 Å². The number of carbonyl (C=O) groups is 1. The van der Waals surface area contributed by atoms with Gasteiger partial charge >= 0.3 is 5.97 Å². The lowest BCUT2D eigenvalue weighted by molar-refractivity contribution is 0.0464. The fourth-order valence-electron chi connectivity index (χ4n) is 2.23. The number of aromatic nitrogens is 1. The molecule has 0 spiro atoms. The predicted molar refractivity (Wildman–Crippen MR) is 79.2 cm³/mol. The van der Waals surface area contributed by atoms with Crippen LogP contribution in [-0.2, 0) is 11.3 Å².